The van der Waals surface area contributed by atoms with Crippen LogP contribution in [0, 0.1) is 5.92 Å². The van der Waals surface area contributed by atoms with E-state index in [9.17, 15) is 8.42 Å². The van der Waals surface area contributed by atoms with E-state index in [2.05, 4.69) is 0 Å². The summed E-state index contributed by atoms with van der Waals surface area (Å²) >= 11 is 6.08. The average Bonchev–Trinajstić information content (AvgIpc) is 2.34. The van der Waals surface area contributed by atoms with Gasteiger partial charge in [-0.25, -0.2) is 8.42 Å². The third-order valence-corrected chi connectivity index (χ3v) is 4.26. The summed E-state index contributed by atoms with van der Waals surface area (Å²) in [6.45, 7) is 0. The highest BCUT2D eigenvalue weighted by Crippen LogP contribution is 2.33. The Morgan fingerprint density at radius 2 is 2.08 bits per heavy atom. The van der Waals surface area contributed by atoms with Crippen LogP contribution in [-0.2, 0) is 9.84 Å². The van der Waals surface area contributed by atoms with Gasteiger partial charge in [0.15, 0.2) is 0 Å². The van der Waals surface area contributed by atoms with Gasteiger partial charge in [0, 0.05) is 17.4 Å². The minimum atomic E-state index is -2.78. The quantitative estimate of drug-likeness (QED) is 0.687. The van der Waals surface area contributed by atoms with Crippen molar-refractivity contribution in [1.29, 1.82) is 0 Å². The van der Waals surface area contributed by atoms with E-state index >= 15 is 0 Å². The number of hydrogen-bond donors (Lipinski definition) is 0. The Labute approximate surface area is 85.6 Å². The van der Waals surface area contributed by atoms with Crippen LogP contribution in [0.15, 0.2) is 0 Å². The fourth-order valence-electron chi connectivity index (χ4n) is 1.92. The molecule has 0 spiro atoms. The highest BCUT2D eigenvalue weighted by Gasteiger charge is 2.24. The molecule has 0 N–H and O–H groups in total. The van der Waals surface area contributed by atoms with Crippen LogP contribution in [0.1, 0.15) is 32.1 Å². The summed E-state index contributed by atoms with van der Waals surface area (Å²) in [6.07, 6.45) is 6.52. The normalized spacial score (nSPS) is 29.4. The lowest BCUT2D eigenvalue weighted by molar-refractivity contribution is 0.499. The first-order valence-electron chi connectivity index (χ1n) is 4.81. The molecule has 0 heterocycles. The summed E-state index contributed by atoms with van der Waals surface area (Å²) in [7, 11) is -2.78. The third-order valence-electron chi connectivity index (χ3n) is 2.66. The Morgan fingerprint density at radius 3 is 2.54 bits per heavy atom. The van der Waals surface area contributed by atoms with E-state index in [1.165, 1.54) is 19.1 Å². The molecule has 0 aliphatic heterocycles. The van der Waals surface area contributed by atoms with Crippen molar-refractivity contribution in [2.24, 2.45) is 5.92 Å². The Kier molecular flexibility index (Phi) is 4.05. The average molecular weight is 225 g/mol. The molecule has 1 rings (SSSR count). The van der Waals surface area contributed by atoms with Gasteiger partial charge < -0.3 is 0 Å². The van der Waals surface area contributed by atoms with E-state index in [0.717, 1.165) is 19.3 Å². The minimum Gasteiger partial charge on any atom is -0.229 e. The van der Waals surface area contributed by atoms with E-state index in [0.29, 0.717) is 17.0 Å². The summed E-state index contributed by atoms with van der Waals surface area (Å²) < 4.78 is 21.7. The SMILES string of the molecule is CS(=O)(=O)CCCC1CCCC1Cl. The molecule has 13 heavy (non-hydrogen) atoms. The van der Waals surface area contributed by atoms with Gasteiger partial charge in [0.25, 0.3) is 0 Å². The zero-order valence-corrected chi connectivity index (χ0v) is 9.57. The molecule has 78 valence electrons. The van der Waals surface area contributed by atoms with Crippen molar-refractivity contribution in [2.45, 2.75) is 37.5 Å². The number of rotatable bonds is 4. The van der Waals surface area contributed by atoms with Gasteiger partial charge in [-0.05, 0) is 31.6 Å². The van der Waals surface area contributed by atoms with Gasteiger partial charge in [-0.2, -0.15) is 0 Å². The molecule has 1 fully saturated rings. The lowest BCUT2D eigenvalue weighted by Crippen LogP contribution is -2.10. The predicted octanol–water partition coefficient (Wildman–Crippen LogP) is 2.22. The van der Waals surface area contributed by atoms with Crippen LogP contribution in [0.2, 0.25) is 0 Å². The first-order chi connectivity index (χ1) is 5.99. The molecule has 1 aliphatic rings. The number of sulfone groups is 1. The highest BCUT2D eigenvalue weighted by molar-refractivity contribution is 7.90. The van der Waals surface area contributed by atoms with Crippen molar-refractivity contribution in [3.05, 3.63) is 0 Å². The zero-order chi connectivity index (χ0) is 9.90. The van der Waals surface area contributed by atoms with Crippen LogP contribution in [-0.4, -0.2) is 25.8 Å². The third kappa shape index (κ3) is 4.32. The molecule has 1 aliphatic carbocycles. The zero-order valence-electron chi connectivity index (χ0n) is 8.00. The maximum Gasteiger partial charge on any atom is 0.147 e. The summed E-state index contributed by atoms with van der Waals surface area (Å²) in [5, 5.41) is 0.291. The van der Waals surface area contributed by atoms with Crippen LogP contribution in [0.25, 0.3) is 0 Å². The van der Waals surface area contributed by atoms with Crippen molar-refractivity contribution in [3.63, 3.8) is 0 Å². The number of hydrogen-bond acceptors (Lipinski definition) is 2. The van der Waals surface area contributed by atoms with E-state index in [1.54, 1.807) is 0 Å². The predicted molar refractivity (Wildman–Crippen MR) is 55.9 cm³/mol. The van der Waals surface area contributed by atoms with Crippen molar-refractivity contribution in [1.82, 2.24) is 0 Å². The van der Waals surface area contributed by atoms with Gasteiger partial charge in [-0.3, -0.25) is 0 Å². The van der Waals surface area contributed by atoms with Crippen LogP contribution < -0.4 is 0 Å². The highest BCUT2D eigenvalue weighted by atomic mass is 35.5. The van der Waals surface area contributed by atoms with E-state index < -0.39 is 9.84 Å². The first-order valence-corrected chi connectivity index (χ1v) is 7.30. The molecular weight excluding hydrogens is 208 g/mol. The Morgan fingerprint density at radius 1 is 1.38 bits per heavy atom. The summed E-state index contributed by atoms with van der Waals surface area (Å²) in [5.41, 5.74) is 0. The molecule has 2 unspecified atom stereocenters. The van der Waals surface area contributed by atoms with Gasteiger partial charge in [0.05, 0.1) is 0 Å². The molecule has 1 saturated carbocycles. The molecular formula is C9H17ClO2S. The lowest BCUT2D eigenvalue weighted by Gasteiger charge is -2.12. The standard InChI is InChI=1S/C9H17ClO2S/c1-13(11,12)7-3-5-8-4-2-6-9(8)10/h8-9H,2-7H2,1H3. The number of alkyl halides is 1. The van der Waals surface area contributed by atoms with Gasteiger partial charge >= 0.3 is 0 Å². The van der Waals surface area contributed by atoms with Crippen LogP contribution in [0.4, 0.5) is 0 Å². The molecule has 2 atom stereocenters. The largest absolute Gasteiger partial charge is 0.229 e. The minimum absolute atomic E-state index is 0.291. The molecule has 0 amide bonds. The Hall–Kier alpha value is 0.240. The molecule has 0 aromatic heterocycles. The van der Waals surface area contributed by atoms with Crippen molar-refractivity contribution >= 4 is 21.4 Å². The number of halogens is 1. The van der Waals surface area contributed by atoms with Crippen LogP contribution >= 0.6 is 11.6 Å². The second kappa shape index (κ2) is 4.65. The topological polar surface area (TPSA) is 34.1 Å². The van der Waals surface area contributed by atoms with Gasteiger partial charge in [0.1, 0.15) is 9.84 Å². The van der Waals surface area contributed by atoms with E-state index in [1.807, 2.05) is 0 Å². The van der Waals surface area contributed by atoms with Crippen molar-refractivity contribution < 1.29 is 8.42 Å². The van der Waals surface area contributed by atoms with E-state index in [4.69, 9.17) is 11.6 Å². The van der Waals surface area contributed by atoms with E-state index in [-0.39, 0.29) is 0 Å². The summed E-state index contributed by atoms with van der Waals surface area (Å²) in [6, 6.07) is 0. The second-order valence-corrected chi connectivity index (χ2v) is 6.80. The van der Waals surface area contributed by atoms with Gasteiger partial charge in [0.2, 0.25) is 0 Å². The van der Waals surface area contributed by atoms with Gasteiger partial charge in [-0.1, -0.05) is 6.42 Å². The maximum absolute atomic E-state index is 10.9. The molecule has 2 nitrogen and oxygen atoms in total. The summed E-state index contributed by atoms with van der Waals surface area (Å²) in [4.78, 5) is 0. The molecule has 0 aromatic rings. The van der Waals surface area contributed by atoms with Crippen LogP contribution in [0.3, 0.4) is 0 Å². The molecule has 0 bridgehead atoms. The summed E-state index contributed by atoms with van der Waals surface area (Å²) in [5.74, 6) is 0.871. The van der Waals surface area contributed by atoms with Gasteiger partial charge in [-0.15, -0.1) is 11.6 Å². The van der Waals surface area contributed by atoms with Crippen LogP contribution in [0.5, 0.6) is 0 Å². The second-order valence-electron chi connectivity index (χ2n) is 3.98. The Bertz CT molecular complexity index is 248. The fourth-order valence-corrected chi connectivity index (χ4v) is 3.02. The smallest absolute Gasteiger partial charge is 0.147 e. The monoisotopic (exact) mass is 224 g/mol. The first kappa shape index (κ1) is 11.3. The molecule has 0 saturated heterocycles. The Balaban J connectivity index is 2.19. The molecule has 4 heteroatoms. The van der Waals surface area contributed by atoms with Crippen molar-refractivity contribution in [2.75, 3.05) is 12.0 Å². The lowest BCUT2D eigenvalue weighted by atomic mass is 10.0. The molecule has 0 radical (unpaired) electrons. The van der Waals surface area contributed by atoms with Crippen molar-refractivity contribution in [3.8, 4) is 0 Å². The fraction of sp³-hybridized carbons (Fsp3) is 1.00. The molecule has 0 aromatic carbocycles. The maximum atomic E-state index is 10.9.